The molecule has 6 nitrogen and oxygen atoms in total. The molecule has 0 saturated carbocycles. The third kappa shape index (κ3) is 4.28. The third-order valence-electron chi connectivity index (χ3n) is 5.16. The number of aromatic nitrogens is 2. The number of halogens is 2. The second-order valence-corrected chi connectivity index (χ2v) is 7.17. The van der Waals surface area contributed by atoms with E-state index in [1.807, 2.05) is 6.07 Å². The molecule has 0 aliphatic carbocycles. The van der Waals surface area contributed by atoms with E-state index < -0.39 is 17.7 Å². The highest BCUT2D eigenvalue weighted by molar-refractivity contribution is 5.95. The average molecular weight is 401 g/mol. The monoisotopic (exact) mass is 401 g/mol. The van der Waals surface area contributed by atoms with Crippen LogP contribution in [0.2, 0.25) is 0 Å². The summed E-state index contributed by atoms with van der Waals surface area (Å²) in [6, 6.07) is 7.03. The van der Waals surface area contributed by atoms with E-state index in [1.165, 1.54) is 6.07 Å². The number of hydrogen-bond acceptors (Lipinski definition) is 4. The number of aliphatic hydroxyl groups is 1. The summed E-state index contributed by atoms with van der Waals surface area (Å²) >= 11 is 0. The molecule has 2 atom stereocenters. The zero-order chi connectivity index (χ0) is 20.4. The Hall–Kier alpha value is -2.84. The van der Waals surface area contributed by atoms with Crippen LogP contribution in [0, 0.1) is 11.6 Å². The van der Waals surface area contributed by atoms with Gasteiger partial charge in [-0.15, -0.1) is 0 Å². The lowest BCUT2D eigenvalue weighted by atomic mass is 10.0. The largest absolute Gasteiger partial charge is 0.389 e. The molecule has 29 heavy (non-hydrogen) atoms. The Labute approximate surface area is 165 Å². The molecule has 0 radical (unpaired) electrons. The highest BCUT2D eigenvalue weighted by Crippen LogP contribution is 2.21. The fourth-order valence-corrected chi connectivity index (χ4v) is 3.54. The Morgan fingerprint density at radius 3 is 2.90 bits per heavy atom. The van der Waals surface area contributed by atoms with Gasteiger partial charge in [-0.25, -0.2) is 13.8 Å². The Balaban J connectivity index is 1.55. The first-order chi connectivity index (χ1) is 14.0. The van der Waals surface area contributed by atoms with Crippen LogP contribution in [-0.2, 0) is 17.6 Å². The summed E-state index contributed by atoms with van der Waals surface area (Å²) in [5.74, 6) is -2.12. The van der Waals surface area contributed by atoms with Crippen LogP contribution in [0.3, 0.4) is 0 Å². The van der Waals surface area contributed by atoms with Crippen LogP contribution in [0.5, 0.6) is 0 Å². The number of fused-ring (bicyclic) bond motifs is 1. The quantitative estimate of drug-likeness (QED) is 0.613. The molecule has 3 aromatic rings. The lowest BCUT2D eigenvalue weighted by Crippen LogP contribution is -2.48. The van der Waals surface area contributed by atoms with Gasteiger partial charge in [0, 0.05) is 18.2 Å². The van der Waals surface area contributed by atoms with Gasteiger partial charge in [-0.2, -0.15) is 0 Å². The summed E-state index contributed by atoms with van der Waals surface area (Å²) in [7, 11) is 0. The summed E-state index contributed by atoms with van der Waals surface area (Å²) in [5.41, 5.74) is 2.35. The number of aliphatic hydroxyl groups excluding tert-OH is 1. The Kier molecular flexibility index (Phi) is 5.55. The first-order valence-electron chi connectivity index (χ1n) is 9.49. The maximum atomic E-state index is 13.5. The van der Waals surface area contributed by atoms with Crippen molar-refractivity contribution in [3.8, 4) is 0 Å². The number of amides is 1. The zero-order valence-corrected chi connectivity index (χ0v) is 15.6. The normalized spacial score (nSPS) is 19.4. The number of benzene rings is 1. The van der Waals surface area contributed by atoms with E-state index in [4.69, 9.17) is 4.74 Å². The molecule has 4 rings (SSSR count). The number of nitrogens with zero attached hydrogens (tertiary/aromatic N) is 1. The number of carbonyl (C=O) groups excluding carboxylic acids is 1. The highest BCUT2D eigenvalue weighted by atomic mass is 19.2. The van der Waals surface area contributed by atoms with Crippen molar-refractivity contribution in [3.05, 3.63) is 65.0 Å². The van der Waals surface area contributed by atoms with Crippen LogP contribution in [0.15, 0.2) is 36.5 Å². The van der Waals surface area contributed by atoms with Gasteiger partial charge in [0.25, 0.3) is 5.91 Å². The molecular formula is C21H21F2N3O3. The van der Waals surface area contributed by atoms with Crippen molar-refractivity contribution in [2.45, 2.75) is 31.4 Å². The molecule has 1 saturated heterocycles. The second kappa shape index (κ2) is 8.26. The van der Waals surface area contributed by atoms with Gasteiger partial charge in [-0.05, 0) is 54.7 Å². The minimum absolute atomic E-state index is 0.188. The minimum Gasteiger partial charge on any atom is -0.389 e. The van der Waals surface area contributed by atoms with E-state index in [9.17, 15) is 18.7 Å². The van der Waals surface area contributed by atoms with E-state index in [0.717, 1.165) is 17.0 Å². The molecule has 2 unspecified atom stereocenters. The first kappa shape index (κ1) is 19.5. The van der Waals surface area contributed by atoms with E-state index >= 15 is 0 Å². The molecule has 3 heterocycles. The standard InChI is InChI=1S/C21H21F2N3O3/c22-15-4-2-12(9-16(15)23)1-3-13-10-18(25-20-14(13)5-7-24-20)21(28)26-17-6-8-29-11-19(17)27/h2,4-5,7,9-10,17,19,27H,1,3,6,8,11H2,(H,24,25)(H,26,28). The number of H-pyrrole nitrogens is 1. The van der Waals surface area contributed by atoms with Crippen molar-refractivity contribution in [2.24, 2.45) is 0 Å². The maximum absolute atomic E-state index is 13.5. The fraction of sp³-hybridized carbons (Fsp3) is 0.333. The van der Waals surface area contributed by atoms with Crippen LogP contribution in [-0.4, -0.2) is 46.3 Å². The van der Waals surface area contributed by atoms with Crippen molar-refractivity contribution in [3.63, 3.8) is 0 Å². The molecule has 0 spiro atoms. The summed E-state index contributed by atoms with van der Waals surface area (Å²) in [6.07, 6.45) is 2.53. The number of pyridine rings is 1. The summed E-state index contributed by atoms with van der Waals surface area (Å²) < 4.78 is 31.8. The third-order valence-corrected chi connectivity index (χ3v) is 5.16. The van der Waals surface area contributed by atoms with Gasteiger partial charge in [-0.1, -0.05) is 6.07 Å². The molecule has 0 bridgehead atoms. The van der Waals surface area contributed by atoms with E-state index in [0.29, 0.717) is 37.1 Å². The average Bonchev–Trinajstić information content (AvgIpc) is 3.19. The molecule has 2 aromatic heterocycles. The van der Waals surface area contributed by atoms with Crippen LogP contribution >= 0.6 is 0 Å². The molecule has 8 heteroatoms. The van der Waals surface area contributed by atoms with Gasteiger partial charge in [0.2, 0.25) is 0 Å². The Morgan fingerprint density at radius 2 is 2.10 bits per heavy atom. The predicted molar refractivity (Wildman–Crippen MR) is 103 cm³/mol. The molecule has 1 aromatic carbocycles. The summed E-state index contributed by atoms with van der Waals surface area (Å²) in [6.45, 7) is 0.665. The number of aromatic amines is 1. The molecular weight excluding hydrogens is 380 g/mol. The Morgan fingerprint density at radius 1 is 1.24 bits per heavy atom. The van der Waals surface area contributed by atoms with Crippen molar-refractivity contribution in [1.82, 2.24) is 15.3 Å². The highest BCUT2D eigenvalue weighted by Gasteiger charge is 2.26. The topological polar surface area (TPSA) is 87.2 Å². The van der Waals surface area contributed by atoms with Crippen molar-refractivity contribution in [2.75, 3.05) is 13.2 Å². The first-order valence-corrected chi connectivity index (χ1v) is 9.49. The SMILES string of the molecule is O=C(NC1CCOCC1O)c1cc(CCc2ccc(F)c(F)c2)c2cc[nH]c2n1. The van der Waals surface area contributed by atoms with Gasteiger partial charge in [0.05, 0.1) is 18.8 Å². The number of hydrogen-bond donors (Lipinski definition) is 3. The van der Waals surface area contributed by atoms with Crippen LogP contribution in [0.25, 0.3) is 11.0 Å². The molecule has 1 aliphatic rings. The molecule has 152 valence electrons. The van der Waals surface area contributed by atoms with E-state index in [-0.39, 0.29) is 24.2 Å². The van der Waals surface area contributed by atoms with Gasteiger partial charge < -0.3 is 20.1 Å². The van der Waals surface area contributed by atoms with Gasteiger partial charge in [0.15, 0.2) is 11.6 Å². The van der Waals surface area contributed by atoms with Gasteiger partial charge in [-0.3, -0.25) is 4.79 Å². The van der Waals surface area contributed by atoms with Crippen LogP contribution < -0.4 is 5.32 Å². The number of nitrogens with one attached hydrogen (secondary N) is 2. The Bertz CT molecular complexity index is 1040. The number of carbonyl (C=O) groups is 1. The number of aryl methyl sites for hydroxylation is 2. The van der Waals surface area contributed by atoms with E-state index in [2.05, 4.69) is 15.3 Å². The number of ether oxygens (including phenoxy) is 1. The minimum atomic E-state index is -0.876. The molecule has 1 aliphatic heterocycles. The van der Waals surface area contributed by atoms with Gasteiger partial charge in [0.1, 0.15) is 11.3 Å². The molecule has 1 amide bonds. The molecule has 1 fully saturated rings. The predicted octanol–water partition coefficient (Wildman–Crippen LogP) is 2.51. The maximum Gasteiger partial charge on any atom is 0.270 e. The van der Waals surface area contributed by atoms with E-state index in [1.54, 1.807) is 18.3 Å². The van der Waals surface area contributed by atoms with Crippen LogP contribution in [0.4, 0.5) is 8.78 Å². The van der Waals surface area contributed by atoms with Gasteiger partial charge >= 0.3 is 0 Å². The summed E-state index contributed by atoms with van der Waals surface area (Å²) in [5, 5.41) is 13.7. The lowest BCUT2D eigenvalue weighted by molar-refractivity contribution is -0.0261. The summed E-state index contributed by atoms with van der Waals surface area (Å²) in [4.78, 5) is 20.1. The number of rotatable bonds is 5. The molecule has 3 N–H and O–H groups in total. The second-order valence-electron chi connectivity index (χ2n) is 7.17. The fourth-order valence-electron chi connectivity index (χ4n) is 3.54. The zero-order valence-electron chi connectivity index (χ0n) is 15.6. The van der Waals surface area contributed by atoms with Crippen molar-refractivity contribution >= 4 is 16.9 Å². The lowest BCUT2D eigenvalue weighted by Gasteiger charge is -2.28. The van der Waals surface area contributed by atoms with Crippen molar-refractivity contribution in [1.29, 1.82) is 0 Å². The smallest absolute Gasteiger partial charge is 0.270 e. The van der Waals surface area contributed by atoms with Crippen molar-refractivity contribution < 1.29 is 23.4 Å². The van der Waals surface area contributed by atoms with Crippen LogP contribution in [0.1, 0.15) is 28.0 Å².